The second-order valence-electron chi connectivity index (χ2n) is 11.7. The Kier molecular flexibility index (Phi) is 12.5. The monoisotopic (exact) mass is 785 g/mol. The van der Waals surface area contributed by atoms with Crippen molar-refractivity contribution in [1.82, 2.24) is 5.32 Å². The maximum atomic E-state index is 14.6. The van der Waals surface area contributed by atoms with E-state index in [4.69, 9.17) is 4.74 Å². The molecule has 10 heteroatoms. The Morgan fingerprint density at radius 2 is 1.38 bits per heavy atom. The molecule has 0 aliphatic heterocycles. The van der Waals surface area contributed by atoms with Crippen LogP contribution in [0.5, 0.6) is 5.75 Å². The highest BCUT2D eigenvalue weighted by Crippen LogP contribution is 2.37. The molecule has 0 spiro atoms. The zero-order valence-corrected chi connectivity index (χ0v) is 30.6. The van der Waals surface area contributed by atoms with Crippen molar-refractivity contribution in [3.8, 4) is 5.75 Å². The second-order valence-corrected chi connectivity index (χ2v) is 13.8. The van der Waals surface area contributed by atoms with Crippen LogP contribution in [0.1, 0.15) is 32.3 Å². The average Bonchev–Trinajstić information content (AvgIpc) is 3.19. The molecule has 53 heavy (non-hydrogen) atoms. The van der Waals surface area contributed by atoms with E-state index in [1.165, 1.54) is 23.9 Å². The fourth-order valence-corrected chi connectivity index (χ4v) is 6.51. The van der Waals surface area contributed by atoms with Gasteiger partial charge in [-0.1, -0.05) is 107 Å². The van der Waals surface area contributed by atoms with Crippen LogP contribution < -0.4 is 20.7 Å². The molecule has 0 fully saturated rings. The van der Waals surface area contributed by atoms with Crippen LogP contribution in [-0.4, -0.2) is 17.7 Å². The summed E-state index contributed by atoms with van der Waals surface area (Å²) in [5, 5.41) is 7.64. The minimum atomic E-state index is -0.697. The summed E-state index contributed by atoms with van der Waals surface area (Å²) in [6.45, 7) is 0.417. The summed E-state index contributed by atoms with van der Waals surface area (Å²) in [6, 6.07) is 46.3. The van der Waals surface area contributed by atoms with Gasteiger partial charge in [0.15, 0.2) is 0 Å². The van der Waals surface area contributed by atoms with Crippen molar-refractivity contribution in [1.29, 1.82) is 0 Å². The highest BCUT2D eigenvalue weighted by atomic mass is 79.9. The summed E-state index contributed by atoms with van der Waals surface area (Å²) >= 11 is 4.53. The number of hydrogen-bond donors (Lipinski definition) is 3. The lowest BCUT2D eigenvalue weighted by atomic mass is 10.1. The summed E-state index contributed by atoms with van der Waals surface area (Å²) in [6.07, 6.45) is 1.60. The van der Waals surface area contributed by atoms with E-state index in [9.17, 15) is 18.8 Å². The zero-order valence-electron chi connectivity index (χ0n) is 28.2. The summed E-state index contributed by atoms with van der Waals surface area (Å²) in [5.74, 6) is -1.25. The largest absolute Gasteiger partial charge is 0.489 e. The third-order valence-corrected chi connectivity index (χ3v) is 9.62. The van der Waals surface area contributed by atoms with Gasteiger partial charge in [0, 0.05) is 20.6 Å². The molecule has 0 aromatic heterocycles. The first-order chi connectivity index (χ1) is 25.8. The molecule has 1 atom stereocenters. The molecular weight excluding hydrogens is 753 g/mol. The Morgan fingerprint density at radius 3 is 2.04 bits per heavy atom. The van der Waals surface area contributed by atoms with E-state index < -0.39 is 22.9 Å². The van der Waals surface area contributed by atoms with E-state index in [-0.39, 0.29) is 17.3 Å². The zero-order chi connectivity index (χ0) is 37.0. The van der Waals surface area contributed by atoms with E-state index in [0.717, 1.165) is 16.0 Å². The van der Waals surface area contributed by atoms with Gasteiger partial charge in [-0.05, 0) is 89.5 Å². The van der Waals surface area contributed by atoms with Gasteiger partial charge in [0.05, 0.1) is 5.69 Å². The molecule has 6 aromatic rings. The molecule has 1 unspecified atom stereocenters. The number of carbonyl (C=O) groups is 3. The first-order valence-corrected chi connectivity index (χ1v) is 18.2. The van der Waals surface area contributed by atoms with E-state index in [0.29, 0.717) is 33.6 Å². The van der Waals surface area contributed by atoms with Gasteiger partial charge >= 0.3 is 0 Å². The van der Waals surface area contributed by atoms with Gasteiger partial charge < -0.3 is 20.7 Å². The molecule has 0 saturated heterocycles. The van der Waals surface area contributed by atoms with Gasteiger partial charge in [-0.2, -0.15) is 0 Å². The van der Waals surface area contributed by atoms with Crippen LogP contribution in [0.4, 0.5) is 15.8 Å². The Hall–Kier alpha value is -5.97. The predicted molar refractivity (Wildman–Crippen MR) is 212 cm³/mol. The number of anilines is 2. The molecule has 3 N–H and O–H groups in total. The molecule has 0 bridgehead atoms. The SMILES string of the molecule is O=C(Nc1ccc(SC(C(=O)Nc2ccc(Br)cc2F)c2ccccc2)cc1)/C(=C/c1ccc(OCc2ccccc2)cc1)NC(=O)c1ccccc1. The summed E-state index contributed by atoms with van der Waals surface area (Å²) in [7, 11) is 0. The molecule has 7 nitrogen and oxygen atoms in total. The molecule has 6 rings (SSSR count). The Bertz CT molecular complexity index is 2200. The topological polar surface area (TPSA) is 96.5 Å². The number of benzene rings is 6. The number of rotatable bonds is 13. The lowest BCUT2D eigenvalue weighted by molar-refractivity contribution is -0.116. The quantitative estimate of drug-likeness (QED) is 0.0801. The highest BCUT2D eigenvalue weighted by Gasteiger charge is 2.23. The molecule has 0 radical (unpaired) electrons. The van der Waals surface area contributed by atoms with Crippen molar-refractivity contribution in [2.75, 3.05) is 10.6 Å². The van der Waals surface area contributed by atoms with Gasteiger partial charge in [-0.3, -0.25) is 14.4 Å². The third-order valence-electron chi connectivity index (χ3n) is 7.86. The first-order valence-electron chi connectivity index (χ1n) is 16.5. The number of carbonyl (C=O) groups excluding carboxylic acids is 3. The average molecular weight is 787 g/mol. The van der Waals surface area contributed by atoms with E-state index in [1.54, 1.807) is 91.0 Å². The van der Waals surface area contributed by atoms with Gasteiger partial charge in [-0.25, -0.2) is 4.39 Å². The number of thioether (sulfide) groups is 1. The standard InChI is InChI=1S/C43H33BrFN3O4S/c44-33-18-25-38(37(45)27-33)47-43(51)40(31-12-6-2-7-13-31)53-36-23-19-34(20-24-36)46-42(50)39(48-41(49)32-14-8-3-9-15-32)26-29-16-21-35(22-17-29)52-28-30-10-4-1-5-11-30/h1-27,40H,28H2,(H,46,50)(H,47,51)(H,48,49)/b39-26-. The smallest absolute Gasteiger partial charge is 0.272 e. The molecule has 6 aromatic carbocycles. The molecule has 0 heterocycles. The third kappa shape index (κ3) is 10.5. The van der Waals surface area contributed by atoms with Gasteiger partial charge in [0.25, 0.3) is 11.8 Å². The number of hydrogen-bond acceptors (Lipinski definition) is 5. The first kappa shape index (κ1) is 36.8. The van der Waals surface area contributed by atoms with Crippen LogP contribution in [0.3, 0.4) is 0 Å². The maximum absolute atomic E-state index is 14.6. The van der Waals surface area contributed by atoms with E-state index in [2.05, 4.69) is 31.9 Å². The van der Waals surface area contributed by atoms with Gasteiger partial charge in [0.1, 0.15) is 29.1 Å². The van der Waals surface area contributed by atoms with Crippen molar-refractivity contribution >= 4 is 62.9 Å². The lowest BCUT2D eigenvalue weighted by Crippen LogP contribution is -2.30. The minimum Gasteiger partial charge on any atom is -0.489 e. The lowest BCUT2D eigenvalue weighted by Gasteiger charge is -2.18. The number of ether oxygens (including phenoxy) is 1. The molecule has 0 aliphatic rings. The van der Waals surface area contributed by atoms with Crippen LogP contribution in [0.15, 0.2) is 173 Å². The van der Waals surface area contributed by atoms with Crippen molar-refractivity contribution in [3.63, 3.8) is 0 Å². The van der Waals surface area contributed by atoms with Crippen LogP contribution >= 0.6 is 27.7 Å². The van der Waals surface area contributed by atoms with Crippen LogP contribution in [0.2, 0.25) is 0 Å². The normalized spacial score (nSPS) is 11.6. The van der Waals surface area contributed by atoms with Crippen molar-refractivity contribution in [2.45, 2.75) is 16.8 Å². The van der Waals surface area contributed by atoms with Crippen LogP contribution in [-0.2, 0) is 16.2 Å². The molecule has 3 amide bonds. The Balaban J connectivity index is 1.17. The minimum absolute atomic E-state index is 0.0382. The summed E-state index contributed by atoms with van der Waals surface area (Å²) in [5.41, 5.74) is 3.45. The van der Waals surface area contributed by atoms with Crippen molar-refractivity contribution in [3.05, 3.63) is 196 Å². The summed E-state index contributed by atoms with van der Waals surface area (Å²) < 4.78 is 21.0. The molecule has 0 saturated carbocycles. The Morgan fingerprint density at radius 1 is 0.736 bits per heavy atom. The molecule has 264 valence electrons. The Labute approximate surface area is 319 Å². The molecule has 0 aliphatic carbocycles. The summed E-state index contributed by atoms with van der Waals surface area (Å²) in [4.78, 5) is 41.0. The van der Waals surface area contributed by atoms with Crippen LogP contribution in [0, 0.1) is 5.82 Å². The van der Waals surface area contributed by atoms with Crippen molar-refractivity contribution in [2.24, 2.45) is 0 Å². The highest BCUT2D eigenvalue weighted by molar-refractivity contribution is 9.10. The van der Waals surface area contributed by atoms with Crippen LogP contribution in [0.25, 0.3) is 6.08 Å². The number of amides is 3. The van der Waals surface area contributed by atoms with E-state index in [1.807, 2.05) is 60.7 Å². The van der Waals surface area contributed by atoms with Gasteiger partial charge in [-0.15, -0.1) is 11.8 Å². The number of halogens is 2. The maximum Gasteiger partial charge on any atom is 0.272 e. The predicted octanol–water partition coefficient (Wildman–Crippen LogP) is 10.0. The van der Waals surface area contributed by atoms with Crippen molar-refractivity contribution < 1.29 is 23.5 Å². The number of nitrogens with one attached hydrogen (secondary N) is 3. The fourth-order valence-electron chi connectivity index (χ4n) is 5.15. The fraction of sp³-hybridized carbons (Fsp3) is 0.0465. The molecular formula is C43H33BrFN3O4S. The van der Waals surface area contributed by atoms with E-state index >= 15 is 0 Å². The second kappa shape index (κ2) is 18.0. The van der Waals surface area contributed by atoms with Gasteiger partial charge in [0.2, 0.25) is 5.91 Å².